The predicted octanol–water partition coefficient (Wildman–Crippen LogP) is 6.08. The van der Waals surface area contributed by atoms with E-state index in [4.69, 9.17) is 9.47 Å². The zero-order chi connectivity index (χ0) is 25.6. The van der Waals surface area contributed by atoms with Crippen LogP contribution >= 0.6 is 0 Å². The molecule has 37 heavy (non-hydrogen) atoms. The topological polar surface area (TPSA) is 65.4 Å². The average molecular weight is 502 g/mol. The molecule has 0 spiro atoms. The van der Waals surface area contributed by atoms with Gasteiger partial charge in [0.05, 0.1) is 17.6 Å². The molecule has 2 aliphatic carbocycles. The zero-order valence-corrected chi connectivity index (χ0v) is 21.3. The number of ether oxygens (including phenoxy) is 2. The molecule has 0 radical (unpaired) electrons. The van der Waals surface area contributed by atoms with Gasteiger partial charge in [-0.05, 0) is 97.5 Å². The molecule has 1 saturated carbocycles. The van der Waals surface area contributed by atoms with Gasteiger partial charge < -0.3 is 14.8 Å². The first-order valence-corrected chi connectivity index (χ1v) is 13.2. The molecule has 3 aliphatic rings. The fraction of sp³-hybridized carbons (Fsp3) is 0.400. The van der Waals surface area contributed by atoms with Gasteiger partial charge in [-0.15, -0.1) is 0 Å². The van der Waals surface area contributed by atoms with E-state index in [-0.39, 0.29) is 30.0 Å². The lowest BCUT2D eigenvalue weighted by atomic mass is 9.68. The Morgan fingerprint density at radius 2 is 2.03 bits per heavy atom. The maximum atomic E-state index is 13.4. The van der Waals surface area contributed by atoms with E-state index in [1.807, 2.05) is 10.9 Å². The summed E-state index contributed by atoms with van der Waals surface area (Å²) in [5.41, 5.74) is 5.27. The van der Waals surface area contributed by atoms with E-state index in [0.717, 1.165) is 49.9 Å². The van der Waals surface area contributed by atoms with Crippen LogP contribution in [0, 0.1) is 17.2 Å². The van der Waals surface area contributed by atoms with Crippen LogP contribution in [0.15, 0.2) is 54.2 Å². The molecule has 3 aromatic rings. The number of nitrogens with one attached hydrogen (secondary N) is 1. The molecule has 0 bridgehead atoms. The van der Waals surface area contributed by atoms with Crippen molar-refractivity contribution in [3.8, 4) is 17.2 Å². The molecule has 1 aromatic heterocycles. The molecule has 1 fully saturated rings. The SMILES string of the molecule is CCCC(CC1CCC2=Cc3c(cnn3-c3ccc(F)cc3)CC21C)NC(=O)c1ccc2c(c1)OCO2. The minimum atomic E-state index is -0.249. The van der Waals surface area contributed by atoms with E-state index >= 15 is 0 Å². The summed E-state index contributed by atoms with van der Waals surface area (Å²) in [4.78, 5) is 13.1. The van der Waals surface area contributed by atoms with E-state index in [1.54, 1.807) is 30.3 Å². The van der Waals surface area contributed by atoms with Crippen LogP contribution in [-0.2, 0) is 6.42 Å². The predicted molar refractivity (Wildman–Crippen MR) is 139 cm³/mol. The van der Waals surface area contributed by atoms with Gasteiger partial charge in [0.2, 0.25) is 6.79 Å². The summed E-state index contributed by atoms with van der Waals surface area (Å²) in [6.07, 6.45) is 10.2. The molecular weight excluding hydrogens is 469 g/mol. The average Bonchev–Trinajstić information content (AvgIpc) is 3.60. The van der Waals surface area contributed by atoms with Gasteiger partial charge in [-0.25, -0.2) is 9.07 Å². The number of halogens is 1. The molecular formula is C30H32FN3O3. The molecule has 3 unspecified atom stereocenters. The second kappa shape index (κ2) is 9.36. The summed E-state index contributed by atoms with van der Waals surface area (Å²) < 4.78 is 26.2. The Bertz CT molecular complexity index is 1360. The lowest BCUT2D eigenvalue weighted by Gasteiger charge is -2.37. The molecule has 1 aliphatic heterocycles. The van der Waals surface area contributed by atoms with E-state index in [1.165, 1.54) is 23.3 Å². The minimum Gasteiger partial charge on any atom is -0.454 e. The van der Waals surface area contributed by atoms with E-state index < -0.39 is 0 Å². The largest absolute Gasteiger partial charge is 0.454 e. The Morgan fingerprint density at radius 3 is 2.84 bits per heavy atom. The molecule has 1 N–H and O–H groups in total. The number of amides is 1. The maximum Gasteiger partial charge on any atom is 0.251 e. The van der Waals surface area contributed by atoms with Gasteiger partial charge in [0.15, 0.2) is 11.5 Å². The van der Waals surface area contributed by atoms with Crippen LogP contribution in [-0.4, -0.2) is 28.5 Å². The van der Waals surface area contributed by atoms with Crippen LogP contribution in [0.25, 0.3) is 11.8 Å². The highest BCUT2D eigenvalue weighted by molar-refractivity contribution is 5.95. The van der Waals surface area contributed by atoms with Crippen molar-refractivity contribution in [2.24, 2.45) is 11.3 Å². The first-order chi connectivity index (χ1) is 17.9. The first kappa shape index (κ1) is 23.8. The Morgan fingerprint density at radius 1 is 1.22 bits per heavy atom. The van der Waals surface area contributed by atoms with Crippen molar-refractivity contribution in [1.82, 2.24) is 15.1 Å². The Balaban J connectivity index is 1.19. The quantitative estimate of drug-likeness (QED) is 0.426. The molecule has 6 rings (SSSR count). The molecule has 0 saturated heterocycles. The number of carbonyl (C=O) groups is 1. The van der Waals surface area contributed by atoms with Crippen LogP contribution in [0.2, 0.25) is 0 Å². The highest BCUT2D eigenvalue weighted by Gasteiger charge is 2.46. The summed E-state index contributed by atoms with van der Waals surface area (Å²) in [6.45, 7) is 4.73. The molecule has 2 aromatic carbocycles. The normalized spacial score (nSPS) is 22.2. The van der Waals surface area contributed by atoms with Gasteiger partial charge in [0.1, 0.15) is 5.82 Å². The molecule has 6 nitrogen and oxygen atoms in total. The second-order valence-corrected chi connectivity index (χ2v) is 10.7. The summed E-state index contributed by atoms with van der Waals surface area (Å²) in [5.74, 6) is 1.45. The monoisotopic (exact) mass is 501 g/mol. The molecule has 192 valence electrons. The van der Waals surface area contributed by atoms with Crippen molar-refractivity contribution in [3.05, 3.63) is 76.9 Å². The third kappa shape index (κ3) is 4.30. The number of benzene rings is 2. The molecule has 1 amide bonds. The highest BCUT2D eigenvalue weighted by atomic mass is 19.1. The van der Waals surface area contributed by atoms with Crippen LogP contribution < -0.4 is 14.8 Å². The van der Waals surface area contributed by atoms with Crippen molar-refractivity contribution < 1.29 is 18.7 Å². The number of aromatic nitrogens is 2. The van der Waals surface area contributed by atoms with Crippen LogP contribution in [0.3, 0.4) is 0 Å². The third-order valence-corrected chi connectivity index (χ3v) is 8.40. The highest BCUT2D eigenvalue weighted by Crippen LogP contribution is 2.54. The first-order valence-electron chi connectivity index (χ1n) is 13.2. The van der Waals surface area contributed by atoms with E-state index in [2.05, 4.69) is 30.3 Å². The van der Waals surface area contributed by atoms with Gasteiger partial charge in [0, 0.05) is 11.6 Å². The van der Waals surface area contributed by atoms with Crippen LogP contribution in [0.4, 0.5) is 4.39 Å². The van der Waals surface area contributed by atoms with Gasteiger partial charge in [-0.1, -0.05) is 25.8 Å². The van der Waals surface area contributed by atoms with Crippen LogP contribution in [0.1, 0.15) is 67.6 Å². The summed E-state index contributed by atoms with van der Waals surface area (Å²) in [6, 6.07) is 11.9. The van der Waals surface area contributed by atoms with Gasteiger partial charge in [-0.3, -0.25) is 4.79 Å². The third-order valence-electron chi connectivity index (χ3n) is 8.40. The van der Waals surface area contributed by atoms with Crippen LogP contribution in [0.5, 0.6) is 11.5 Å². The molecule has 3 atom stereocenters. The molecule has 2 heterocycles. The van der Waals surface area contributed by atoms with Crippen molar-refractivity contribution in [1.29, 1.82) is 0 Å². The number of nitrogens with zero attached hydrogens (tertiary/aromatic N) is 2. The van der Waals surface area contributed by atoms with Crippen molar-refractivity contribution in [2.75, 3.05) is 6.79 Å². The smallest absolute Gasteiger partial charge is 0.251 e. The van der Waals surface area contributed by atoms with E-state index in [0.29, 0.717) is 23.0 Å². The summed E-state index contributed by atoms with van der Waals surface area (Å²) in [7, 11) is 0. The number of hydrogen-bond donors (Lipinski definition) is 1. The van der Waals surface area contributed by atoms with Crippen molar-refractivity contribution in [2.45, 2.75) is 58.4 Å². The number of fused-ring (bicyclic) bond motifs is 3. The van der Waals surface area contributed by atoms with E-state index in [9.17, 15) is 9.18 Å². The Labute approximate surface area is 216 Å². The second-order valence-electron chi connectivity index (χ2n) is 10.7. The van der Waals surface area contributed by atoms with Gasteiger partial charge in [-0.2, -0.15) is 5.10 Å². The van der Waals surface area contributed by atoms with Crippen molar-refractivity contribution in [3.63, 3.8) is 0 Å². The fourth-order valence-corrected chi connectivity index (χ4v) is 6.35. The Hall–Kier alpha value is -3.61. The number of hydrogen-bond acceptors (Lipinski definition) is 4. The van der Waals surface area contributed by atoms with Gasteiger partial charge in [0.25, 0.3) is 5.91 Å². The maximum absolute atomic E-state index is 13.4. The number of carbonyl (C=O) groups excluding carboxylic acids is 1. The van der Waals surface area contributed by atoms with Crippen molar-refractivity contribution >= 4 is 12.0 Å². The molecule has 7 heteroatoms. The van der Waals surface area contributed by atoms with Gasteiger partial charge >= 0.3 is 0 Å². The summed E-state index contributed by atoms with van der Waals surface area (Å²) >= 11 is 0. The number of allylic oxidation sites excluding steroid dienone is 1. The summed E-state index contributed by atoms with van der Waals surface area (Å²) in [5, 5.41) is 7.96. The Kier molecular flexibility index (Phi) is 6.01. The number of rotatable bonds is 7. The zero-order valence-electron chi connectivity index (χ0n) is 21.3. The lowest BCUT2D eigenvalue weighted by Crippen LogP contribution is -2.39. The minimum absolute atomic E-state index is 0.0408. The lowest BCUT2D eigenvalue weighted by molar-refractivity contribution is 0.0920. The standard InChI is InChI=1S/C30H32FN3O3/c1-3-4-24(33-29(35)19-5-12-27-28(13-19)37-18-36-27)14-21-6-7-22-15-26-20(16-30(21,22)2)17-32-34(26)25-10-8-23(31)9-11-25/h5,8-13,15,17,21,24H,3-4,6-7,14,16,18H2,1-2H3,(H,33,35). The fourth-order valence-electron chi connectivity index (χ4n) is 6.35.